The smallest absolute Gasteiger partial charge is 0.306 e. The molecule has 1 aromatic carbocycles. The summed E-state index contributed by atoms with van der Waals surface area (Å²) in [5.41, 5.74) is 0.124. The Morgan fingerprint density at radius 2 is 2.14 bits per heavy atom. The molecular weight excluding hydrogens is 276 g/mol. The Balaban J connectivity index is 2.15. The monoisotopic (exact) mass is 292 g/mol. The summed E-state index contributed by atoms with van der Waals surface area (Å²) in [7, 11) is 0. The highest BCUT2D eigenvalue weighted by Gasteiger charge is 2.32. The first-order valence-corrected chi connectivity index (χ1v) is 6.68. The van der Waals surface area contributed by atoms with Crippen LogP contribution in [0.15, 0.2) is 24.3 Å². The SMILES string of the molecule is CC1CC(C(=O)O)CCN1C(=O)c1cccc([N+](=O)[O-])c1. The molecule has 1 saturated heterocycles. The van der Waals surface area contributed by atoms with Crippen LogP contribution in [0.4, 0.5) is 5.69 Å². The number of likely N-dealkylation sites (tertiary alicyclic amines) is 1. The topological polar surface area (TPSA) is 101 Å². The van der Waals surface area contributed by atoms with Gasteiger partial charge in [-0.15, -0.1) is 0 Å². The third kappa shape index (κ3) is 3.18. The van der Waals surface area contributed by atoms with E-state index in [1.165, 1.54) is 24.3 Å². The molecule has 0 aromatic heterocycles. The number of carboxylic acid groups (broad SMARTS) is 1. The predicted octanol–water partition coefficient (Wildman–Crippen LogP) is 1.92. The molecule has 0 spiro atoms. The summed E-state index contributed by atoms with van der Waals surface area (Å²) in [4.78, 5) is 35.2. The molecule has 0 radical (unpaired) electrons. The molecule has 1 N–H and O–H groups in total. The van der Waals surface area contributed by atoms with Gasteiger partial charge in [-0.25, -0.2) is 0 Å². The van der Waals surface area contributed by atoms with Crippen molar-refractivity contribution in [1.29, 1.82) is 0 Å². The molecule has 2 rings (SSSR count). The maximum absolute atomic E-state index is 12.4. The van der Waals surface area contributed by atoms with Crippen molar-refractivity contribution >= 4 is 17.6 Å². The van der Waals surface area contributed by atoms with E-state index < -0.39 is 16.8 Å². The fourth-order valence-electron chi connectivity index (χ4n) is 2.62. The maximum atomic E-state index is 12.4. The second-order valence-corrected chi connectivity index (χ2v) is 5.21. The van der Waals surface area contributed by atoms with Crippen LogP contribution in [-0.2, 0) is 4.79 Å². The zero-order valence-corrected chi connectivity index (χ0v) is 11.6. The van der Waals surface area contributed by atoms with E-state index in [1.54, 1.807) is 11.8 Å². The fourth-order valence-corrected chi connectivity index (χ4v) is 2.62. The number of aliphatic carboxylic acids is 1. The van der Waals surface area contributed by atoms with Crippen molar-refractivity contribution in [1.82, 2.24) is 4.90 Å². The average molecular weight is 292 g/mol. The van der Waals surface area contributed by atoms with Crippen LogP contribution in [0, 0.1) is 16.0 Å². The number of nitro groups is 1. The van der Waals surface area contributed by atoms with Crippen LogP contribution in [0.3, 0.4) is 0 Å². The van der Waals surface area contributed by atoms with Crippen LogP contribution in [0.1, 0.15) is 30.1 Å². The Bertz CT molecular complexity index is 586. The highest BCUT2D eigenvalue weighted by Crippen LogP contribution is 2.25. The van der Waals surface area contributed by atoms with Crippen LogP contribution >= 0.6 is 0 Å². The lowest BCUT2D eigenvalue weighted by molar-refractivity contribution is -0.384. The lowest BCUT2D eigenvalue weighted by Gasteiger charge is -2.36. The minimum Gasteiger partial charge on any atom is -0.481 e. The molecule has 2 atom stereocenters. The van der Waals surface area contributed by atoms with E-state index in [1.807, 2.05) is 0 Å². The van der Waals surface area contributed by atoms with Crippen molar-refractivity contribution in [3.63, 3.8) is 0 Å². The van der Waals surface area contributed by atoms with Gasteiger partial charge in [0.1, 0.15) is 0 Å². The fraction of sp³-hybridized carbons (Fsp3) is 0.429. The number of benzene rings is 1. The molecule has 0 saturated carbocycles. The number of nitro benzene ring substituents is 1. The van der Waals surface area contributed by atoms with Gasteiger partial charge in [-0.1, -0.05) is 6.07 Å². The van der Waals surface area contributed by atoms with E-state index >= 15 is 0 Å². The second kappa shape index (κ2) is 5.90. The van der Waals surface area contributed by atoms with Gasteiger partial charge in [0, 0.05) is 30.3 Å². The molecule has 0 aliphatic carbocycles. The first-order chi connectivity index (χ1) is 9.90. The highest BCUT2D eigenvalue weighted by atomic mass is 16.6. The maximum Gasteiger partial charge on any atom is 0.306 e. The van der Waals surface area contributed by atoms with Gasteiger partial charge in [-0.2, -0.15) is 0 Å². The highest BCUT2D eigenvalue weighted by molar-refractivity contribution is 5.95. The largest absolute Gasteiger partial charge is 0.481 e. The Hall–Kier alpha value is -2.44. The summed E-state index contributed by atoms with van der Waals surface area (Å²) in [5.74, 6) is -1.58. The summed E-state index contributed by atoms with van der Waals surface area (Å²) in [6, 6.07) is 5.38. The van der Waals surface area contributed by atoms with E-state index in [2.05, 4.69) is 0 Å². The van der Waals surface area contributed by atoms with Crippen molar-refractivity contribution in [3.8, 4) is 0 Å². The number of hydrogen-bond acceptors (Lipinski definition) is 4. The summed E-state index contributed by atoms with van der Waals surface area (Å²) in [5, 5.41) is 19.8. The lowest BCUT2D eigenvalue weighted by Crippen LogP contribution is -2.46. The Labute approximate surface area is 121 Å². The van der Waals surface area contributed by atoms with Crippen molar-refractivity contribution in [2.45, 2.75) is 25.8 Å². The molecule has 112 valence electrons. The number of piperidine rings is 1. The Morgan fingerprint density at radius 1 is 1.43 bits per heavy atom. The summed E-state index contributed by atoms with van der Waals surface area (Å²) < 4.78 is 0. The minimum absolute atomic E-state index is 0.131. The molecule has 21 heavy (non-hydrogen) atoms. The molecule has 1 aliphatic heterocycles. The van der Waals surface area contributed by atoms with Gasteiger partial charge in [-0.3, -0.25) is 19.7 Å². The molecule has 7 nitrogen and oxygen atoms in total. The number of carboxylic acids is 1. The van der Waals surface area contributed by atoms with Gasteiger partial charge in [0.2, 0.25) is 0 Å². The van der Waals surface area contributed by atoms with E-state index in [4.69, 9.17) is 5.11 Å². The normalized spacial score (nSPS) is 21.9. The van der Waals surface area contributed by atoms with E-state index in [0.717, 1.165) is 0 Å². The van der Waals surface area contributed by atoms with Crippen molar-refractivity contribution in [2.24, 2.45) is 5.92 Å². The molecule has 1 aromatic rings. The summed E-state index contributed by atoms with van der Waals surface area (Å²) in [6.07, 6.45) is 0.802. The van der Waals surface area contributed by atoms with Crippen LogP contribution in [0.2, 0.25) is 0 Å². The number of carbonyl (C=O) groups is 2. The Kier molecular flexibility index (Phi) is 4.21. The first-order valence-electron chi connectivity index (χ1n) is 6.68. The van der Waals surface area contributed by atoms with Crippen molar-refractivity contribution in [2.75, 3.05) is 6.54 Å². The summed E-state index contributed by atoms with van der Waals surface area (Å²) >= 11 is 0. The van der Waals surface area contributed by atoms with E-state index in [9.17, 15) is 19.7 Å². The molecule has 0 bridgehead atoms. The van der Waals surface area contributed by atoms with Crippen LogP contribution in [0.25, 0.3) is 0 Å². The van der Waals surface area contributed by atoms with Gasteiger partial charge < -0.3 is 10.0 Å². The third-order valence-electron chi connectivity index (χ3n) is 3.79. The van der Waals surface area contributed by atoms with Crippen molar-refractivity contribution < 1.29 is 19.6 Å². The predicted molar refractivity (Wildman–Crippen MR) is 74.0 cm³/mol. The summed E-state index contributed by atoms with van der Waals surface area (Å²) in [6.45, 7) is 2.14. The standard InChI is InChI=1S/C14H16N2O5/c1-9-7-11(14(18)19)5-6-15(9)13(17)10-3-2-4-12(8-10)16(20)21/h2-4,8-9,11H,5-7H2,1H3,(H,18,19). The number of carbonyl (C=O) groups excluding carboxylic acids is 1. The zero-order valence-electron chi connectivity index (χ0n) is 11.6. The lowest BCUT2D eigenvalue weighted by atomic mass is 9.91. The van der Waals surface area contributed by atoms with E-state index in [-0.39, 0.29) is 23.2 Å². The molecule has 1 aliphatic rings. The van der Waals surface area contributed by atoms with Crippen LogP contribution in [0.5, 0.6) is 0 Å². The van der Waals surface area contributed by atoms with Crippen LogP contribution < -0.4 is 0 Å². The van der Waals surface area contributed by atoms with Gasteiger partial charge in [-0.05, 0) is 25.8 Å². The van der Waals surface area contributed by atoms with Crippen LogP contribution in [-0.4, -0.2) is 39.4 Å². The molecule has 7 heteroatoms. The minimum atomic E-state index is -0.843. The zero-order chi connectivity index (χ0) is 15.6. The number of rotatable bonds is 3. The third-order valence-corrected chi connectivity index (χ3v) is 3.79. The molecule has 1 amide bonds. The number of hydrogen-bond donors (Lipinski definition) is 1. The second-order valence-electron chi connectivity index (χ2n) is 5.21. The van der Waals surface area contributed by atoms with Crippen molar-refractivity contribution in [3.05, 3.63) is 39.9 Å². The number of amides is 1. The number of non-ortho nitro benzene ring substituents is 1. The molecule has 1 fully saturated rings. The van der Waals surface area contributed by atoms with Gasteiger partial charge in [0.05, 0.1) is 10.8 Å². The van der Waals surface area contributed by atoms with Gasteiger partial charge in [0.15, 0.2) is 0 Å². The van der Waals surface area contributed by atoms with E-state index in [0.29, 0.717) is 19.4 Å². The quantitative estimate of drug-likeness (QED) is 0.677. The first kappa shape index (κ1) is 15.0. The molecular formula is C14H16N2O5. The average Bonchev–Trinajstić information content (AvgIpc) is 2.46. The molecule has 1 heterocycles. The number of nitrogens with zero attached hydrogens (tertiary/aromatic N) is 2. The Morgan fingerprint density at radius 3 is 2.71 bits per heavy atom. The molecule has 2 unspecified atom stereocenters. The van der Waals surface area contributed by atoms with Gasteiger partial charge in [0.25, 0.3) is 11.6 Å². The van der Waals surface area contributed by atoms with Gasteiger partial charge >= 0.3 is 5.97 Å².